The first-order valence-corrected chi connectivity index (χ1v) is 6.19. The quantitative estimate of drug-likeness (QED) is 0.730. The summed E-state index contributed by atoms with van der Waals surface area (Å²) in [4.78, 5) is 22.6. The summed E-state index contributed by atoms with van der Waals surface area (Å²) in [5, 5.41) is 9.84. The van der Waals surface area contributed by atoms with Crippen LogP contribution in [0.15, 0.2) is 6.07 Å². The van der Waals surface area contributed by atoms with Crippen LogP contribution >= 0.6 is 0 Å². The van der Waals surface area contributed by atoms with Gasteiger partial charge < -0.3 is 5.32 Å². The van der Waals surface area contributed by atoms with Gasteiger partial charge in [0.05, 0.1) is 17.4 Å². The van der Waals surface area contributed by atoms with Gasteiger partial charge in [0.25, 0.3) is 0 Å². The number of rotatable bonds is 4. The summed E-state index contributed by atoms with van der Waals surface area (Å²) in [6, 6.07) is 1.74. The summed E-state index contributed by atoms with van der Waals surface area (Å²) in [5.41, 5.74) is 2.08. The molecule has 1 unspecified atom stereocenters. The first-order valence-electron chi connectivity index (χ1n) is 6.19. The summed E-state index contributed by atoms with van der Waals surface area (Å²) in [5.74, 6) is -0.420. The first kappa shape index (κ1) is 12.8. The van der Waals surface area contributed by atoms with E-state index >= 15 is 0 Å². The van der Waals surface area contributed by atoms with Crippen molar-refractivity contribution >= 4 is 11.8 Å². The highest BCUT2D eigenvalue weighted by atomic mass is 16.2. The average molecular weight is 250 g/mol. The van der Waals surface area contributed by atoms with E-state index in [0.29, 0.717) is 19.4 Å². The molecule has 6 heteroatoms. The van der Waals surface area contributed by atoms with Crippen LogP contribution in [0.1, 0.15) is 31.2 Å². The van der Waals surface area contributed by atoms with Crippen LogP contribution in [0.3, 0.4) is 0 Å². The van der Waals surface area contributed by atoms with Crippen LogP contribution in [0.4, 0.5) is 0 Å². The Morgan fingerprint density at radius 3 is 2.94 bits per heavy atom. The van der Waals surface area contributed by atoms with Crippen LogP contribution < -0.4 is 10.6 Å². The maximum atomic E-state index is 11.6. The van der Waals surface area contributed by atoms with Crippen LogP contribution in [0.5, 0.6) is 0 Å². The number of hydrogen-bond acceptors (Lipinski definition) is 4. The Morgan fingerprint density at radius 1 is 1.56 bits per heavy atom. The molecule has 1 fully saturated rings. The van der Waals surface area contributed by atoms with Crippen LogP contribution in [0, 0.1) is 0 Å². The lowest BCUT2D eigenvalue weighted by Gasteiger charge is -2.21. The van der Waals surface area contributed by atoms with Crippen LogP contribution in [0.25, 0.3) is 0 Å². The second-order valence-electron chi connectivity index (χ2n) is 4.49. The smallest absolute Gasteiger partial charge is 0.243 e. The van der Waals surface area contributed by atoms with Crippen molar-refractivity contribution in [1.82, 2.24) is 20.4 Å². The Balaban J connectivity index is 1.92. The van der Waals surface area contributed by atoms with Crippen LogP contribution in [-0.2, 0) is 29.6 Å². The SMILES string of the molecule is CCc1cc(CNC2CCC(=O)NC2=O)n(C)n1. The highest BCUT2D eigenvalue weighted by Gasteiger charge is 2.26. The molecule has 0 bridgehead atoms. The number of amides is 2. The number of carbonyl (C=O) groups is 2. The van der Waals surface area contributed by atoms with Crippen molar-refractivity contribution in [3.8, 4) is 0 Å². The highest BCUT2D eigenvalue weighted by molar-refractivity contribution is 6.00. The van der Waals surface area contributed by atoms with E-state index < -0.39 is 0 Å². The fourth-order valence-corrected chi connectivity index (χ4v) is 2.03. The predicted octanol–water partition coefficient (Wildman–Crippen LogP) is -0.123. The van der Waals surface area contributed by atoms with Gasteiger partial charge >= 0.3 is 0 Å². The molecule has 0 radical (unpaired) electrons. The molecule has 1 aliphatic rings. The maximum Gasteiger partial charge on any atom is 0.243 e. The topological polar surface area (TPSA) is 76.0 Å². The van der Waals surface area contributed by atoms with Crippen molar-refractivity contribution in [2.45, 2.75) is 38.8 Å². The van der Waals surface area contributed by atoms with E-state index in [0.717, 1.165) is 17.8 Å². The average Bonchev–Trinajstić information content (AvgIpc) is 2.69. The van der Waals surface area contributed by atoms with Crippen molar-refractivity contribution in [3.63, 3.8) is 0 Å². The lowest BCUT2D eigenvalue weighted by molar-refractivity contribution is -0.134. The van der Waals surface area contributed by atoms with Gasteiger partial charge in [-0.05, 0) is 18.9 Å². The lowest BCUT2D eigenvalue weighted by atomic mass is 10.1. The summed E-state index contributed by atoms with van der Waals surface area (Å²) in [6.07, 6.45) is 1.85. The monoisotopic (exact) mass is 250 g/mol. The molecule has 1 aliphatic heterocycles. The van der Waals surface area contributed by atoms with Gasteiger partial charge in [-0.3, -0.25) is 19.6 Å². The van der Waals surface area contributed by atoms with Crippen molar-refractivity contribution in [2.75, 3.05) is 0 Å². The molecule has 1 aromatic rings. The second kappa shape index (κ2) is 5.30. The lowest BCUT2D eigenvalue weighted by Crippen LogP contribution is -2.50. The Bertz CT molecular complexity index is 467. The third-order valence-corrected chi connectivity index (χ3v) is 3.16. The molecule has 0 spiro atoms. The van der Waals surface area contributed by atoms with Crippen molar-refractivity contribution < 1.29 is 9.59 Å². The zero-order valence-corrected chi connectivity index (χ0v) is 10.7. The largest absolute Gasteiger partial charge is 0.300 e. The van der Waals surface area contributed by atoms with Gasteiger partial charge in [-0.2, -0.15) is 5.10 Å². The number of aryl methyl sites for hydroxylation is 2. The molecule has 2 amide bonds. The molecule has 1 aromatic heterocycles. The van der Waals surface area contributed by atoms with E-state index in [4.69, 9.17) is 0 Å². The Morgan fingerprint density at radius 2 is 2.33 bits per heavy atom. The molecule has 18 heavy (non-hydrogen) atoms. The normalized spacial score (nSPS) is 20.0. The Labute approximate surface area is 106 Å². The third kappa shape index (κ3) is 2.76. The fourth-order valence-electron chi connectivity index (χ4n) is 2.03. The third-order valence-electron chi connectivity index (χ3n) is 3.16. The molecular formula is C12H18N4O2. The second-order valence-corrected chi connectivity index (χ2v) is 4.49. The van der Waals surface area contributed by atoms with E-state index in [-0.39, 0.29) is 17.9 Å². The van der Waals surface area contributed by atoms with Gasteiger partial charge in [-0.25, -0.2) is 0 Å². The van der Waals surface area contributed by atoms with Gasteiger partial charge in [0, 0.05) is 20.0 Å². The minimum absolute atomic E-state index is 0.188. The van der Waals surface area contributed by atoms with Gasteiger partial charge in [-0.1, -0.05) is 6.92 Å². The summed E-state index contributed by atoms with van der Waals surface area (Å²) in [7, 11) is 1.89. The molecule has 6 nitrogen and oxygen atoms in total. The highest BCUT2D eigenvalue weighted by Crippen LogP contribution is 2.07. The number of piperidine rings is 1. The Hall–Kier alpha value is -1.69. The molecule has 0 aliphatic carbocycles. The van der Waals surface area contributed by atoms with Gasteiger partial charge in [0.2, 0.25) is 11.8 Å². The maximum absolute atomic E-state index is 11.6. The number of carbonyl (C=O) groups excluding carboxylic acids is 2. The van der Waals surface area contributed by atoms with E-state index in [1.807, 2.05) is 17.8 Å². The molecule has 98 valence electrons. The number of aromatic nitrogens is 2. The van der Waals surface area contributed by atoms with Gasteiger partial charge in [-0.15, -0.1) is 0 Å². The fraction of sp³-hybridized carbons (Fsp3) is 0.583. The number of nitrogens with zero attached hydrogens (tertiary/aromatic N) is 2. The van der Waals surface area contributed by atoms with Crippen LogP contribution in [0.2, 0.25) is 0 Å². The minimum atomic E-state index is -0.289. The minimum Gasteiger partial charge on any atom is -0.300 e. The van der Waals surface area contributed by atoms with Gasteiger partial charge in [0.15, 0.2) is 0 Å². The van der Waals surface area contributed by atoms with Crippen LogP contribution in [-0.4, -0.2) is 27.6 Å². The van der Waals surface area contributed by atoms with Gasteiger partial charge in [0.1, 0.15) is 0 Å². The molecule has 1 atom stereocenters. The molecule has 0 aromatic carbocycles. The molecule has 2 N–H and O–H groups in total. The zero-order chi connectivity index (χ0) is 13.1. The molecular weight excluding hydrogens is 232 g/mol. The molecule has 0 saturated carbocycles. The number of imide groups is 1. The van der Waals surface area contributed by atoms with E-state index in [9.17, 15) is 9.59 Å². The number of nitrogens with one attached hydrogen (secondary N) is 2. The zero-order valence-electron chi connectivity index (χ0n) is 10.7. The van der Waals surface area contributed by atoms with Crippen molar-refractivity contribution in [2.24, 2.45) is 7.05 Å². The summed E-state index contributed by atoms with van der Waals surface area (Å²) >= 11 is 0. The van der Waals surface area contributed by atoms with E-state index in [2.05, 4.69) is 22.7 Å². The molecule has 2 heterocycles. The molecule has 2 rings (SSSR count). The summed E-state index contributed by atoms with van der Waals surface area (Å²) < 4.78 is 1.82. The van der Waals surface area contributed by atoms with E-state index in [1.54, 1.807) is 0 Å². The standard InChI is InChI=1S/C12H18N4O2/c1-3-8-6-9(16(2)15-8)7-13-10-4-5-11(17)14-12(10)18/h6,10,13H,3-5,7H2,1-2H3,(H,14,17,18). The number of hydrogen-bond donors (Lipinski definition) is 2. The summed E-state index contributed by atoms with van der Waals surface area (Å²) in [6.45, 7) is 2.63. The molecule has 1 saturated heterocycles. The first-order chi connectivity index (χ1) is 8.60. The predicted molar refractivity (Wildman–Crippen MR) is 65.6 cm³/mol. The Kier molecular flexibility index (Phi) is 3.76. The van der Waals surface area contributed by atoms with Crippen molar-refractivity contribution in [3.05, 3.63) is 17.5 Å². The van der Waals surface area contributed by atoms with E-state index in [1.165, 1.54) is 0 Å². The van der Waals surface area contributed by atoms with Crippen molar-refractivity contribution in [1.29, 1.82) is 0 Å².